The lowest BCUT2D eigenvalue weighted by Gasteiger charge is -1.92. The number of rotatable bonds is 1. The first kappa shape index (κ1) is 8.52. The predicted octanol–water partition coefficient (Wildman–Crippen LogP) is -0.225. The van der Waals surface area contributed by atoms with Crippen molar-refractivity contribution in [1.82, 2.24) is 5.32 Å². The van der Waals surface area contributed by atoms with Crippen LogP contribution in [-0.2, 0) is 0 Å². The SMILES string of the molecule is Cl.N[C@@H]1C[C@H]1NC(=O)O. The fourth-order valence-electron chi connectivity index (χ4n) is 0.539. The molecule has 1 aliphatic carbocycles. The van der Waals surface area contributed by atoms with Gasteiger partial charge in [0.2, 0.25) is 0 Å². The molecule has 4 nitrogen and oxygen atoms in total. The molecule has 1 aliphatic rings. The van der Waals surface area contributed by atoms with Crippen LogP contribution >= 0.6 is 12.4 Å². The summed E-state index contributed by atoms with van der Waals surface area (Å²) in [4.78, 5) is 9.83. The van der Waals surface area contributed by atoms with E-state index in [1.54, 1.807) is 0 Å². The smallest absolute Gasteiger partial charge is 0.404 e. The molecule has 0 aliphatic heterocycles. The Kier molecular flexibility index (Phi) is 2.73. The van der Waals surface area contributed by atoms with E-state index in [2.05, 4.69) is 5.32 Å². The minimum atomic E-state index is -0.983. The monoisotopic (exact) mass is 152 g/mol. The molecule has 1 amide bonds. The quantitative estimate of drug-likeness (QED) is 0.486. The molecule has 1 rings (SSSR count). The second kappa shape index (κ2) is 2.89. The fourth-order valence-corrected chi connectivity index (χ4v) is 0.539. The van der Waals surface area contributed by atoms with E-state index < -0.39 is 6.09 Å². The Bertz CT molecular complexity index is 119. The van der Waals surface area contributed by atoms with Crippen molar-refractivity contribution in [2.75, 3.05) is 0 Å². The van der Waals surface area contributed by atoms with Crippen molar-refractivity contribution in [1.29, 1.82) is 0 Å². The first-order chi connectivity index (χ1) is 3.70. The van der Waals surface area contributed by atoms with Crippen LogP contribution in [0.4, 0.5) is 4.79 Å². The normalized spacial score (nSPS) is 30.3. The molecule has 0 spiro atoms. The van der Waals surface area contributed by atoms with Gasteiger partial charge in [-0.25, -0.2) is 4.79 Å². The summed E-state index contributed by atoms with van der Waals surface area (Å²) in [5.41, 5.74) is 5.29. The van der Waals surface area contributed by atoms with Crippen LogP contribution in [-0.4, -0.2) is 23.3 Å². The zero-order chi connectivity index (χ0) is 6.15. The summed E-state index contributed by atoms with van der Waals surface area (Å²) >= 11 is 0. The van der Waals surface area contributed by atoms with Crippen LogP contribution in [0.1, 0.15) is 6.42 Å². The zero-order valence-corrected chi connectivity index (χ0v) is 5.52. The highest BCUT2D eigenvalue weighted by Crippen LogP contribution is 2.16. The zero-order valence-electron chi connectivity index (χ0n) is 4.70. The maximum absolute atomic E-state index is 9.83. The number of nitrogens with one attached hydrogen (secondary N) is 1. The minimum absolute atomic E-state index is 0. The van der Waals surface area contributed by atoms with Gasteiger partial charge in [0.25, 0.3) is 0 Å². The Morgan fingerprint density at radius 1 is 1.78 bits per heavy atom. The topological polar surface area (TPSA) is 75.3 Å². The van der Waals surface area contributed by atoms with E-state index in [1.807, 2.05) is 0 Å². The van der Waals surface area contributed by atoms with E-state index in [-0.39, 0.29) is 24.5 Å². The van der Waals surface area contributed by atoms with Crippen LogP contribution in [0.3, 0.4) is 0 Å². The number of hydrogen-bond donors (Lipinski definition) is 3. The maximum atomic E-state index is 9.83. The van der Waals surface area contributed by atoms with Gasteiger partial charge in [-0.05, 0) is 6.42 Å². The molecule has 5 heteroatoms. The van der Waals surface area contributed by atoms with Crippen LogP contribution in [0.2, 0.25) is 0 Å². The van der Waals surface area contributed by atoms with Gasteiger partial charge < -0.3 is 16.2 Å². The van der Waals surface area contributed by atoms with Crippen molar-refractivity contribution < 1.29 is 9.90 Å². The average molecular weight is 153 g/mol. The standard InChI is InChI=1S/C4H8N2O2.ClH/c5-2-1-3(2)6-4(7)8;/h2-3,6H,1,5H2,(H,7,8);1H/t2-,3-;/m1./s1. The van der Waals surface area contributed by atoms with Crippen LogP contribution < -0.4 is 11.1 Å². The Morgan fingerprint density at radius 3 is 2.33 bits per heavy atom. The lowest BCUT2D eigenvalue weighted by atomic mass is 10.7. The van der Waals surface area contributed by atoms with E-state index in [1.165, 1.54) is 0 Å². The number of carboxylic acid groups (broad SMARTS) is 1. The van der Waals surface area contributed by atoms with Crippen molar-refractivity contribution in [3.63, 3.8) is 0 Å². The fraction of sp³-hybridized carbons (Fsp3) is 0.750. The molecule has 0 aromatic heterocycles. The second-order valence-corrected chi connectivity index (χ2v) is 1.96. The largest absolute Gasteiger partial charge is 0.465 e. The van der Waals surface area contributed by atoms with E-state index in [4.69, 9.17) is 10.8 Å². The van der Waals surface area contributed by atoms with Crippen molar-refractivity contribution in [2.45, 2.75) is 18.5 Å². The van der Waals surface area contributed by atoms with Gasteiger partial charge in [-0.1, -0.05) is 0 Å². The molecule has 0 saturated heterocycles. The summed E-state index contributed by atoms with van der Waals surface area (Å²) < 4.78 is 0. The molecule has 1 saturated carbocycles. The molecule has 0 bridgehead atoms. The highest BCUT2D eigenvalue weighted by atomic mass is 35.5. The van der Waals surface area contributed by atoms with Crippen LogP contribution in [0.15, 0.2) is 0 Å². The molecule has 0 aromatic rings. The van der Waals surface area contributed by atoms with E-state index in [9.17, 15) is 4.79 Å². The van der Waals surface area contributed by atoms with Gasteiger partial charge in [0, 0.05) is 12.1 Å². The van der Waals surface area contributed by atoms with Crippen LogP contribution in [0.5, 0.6) is 0 Å². The Morgan fingerprint density at radius 2 is 2.22 bits per heavy atom. The average Bonchev–Trinajstić information content (AvgIpc) is 2.17. The summed E-state index contributed by atoms with van der Waals surface area (Å²) in [5, 5.41) is 10.3. The Hall–Kier alpha value is -0.480. The maximum Gasteiger partial charge on any atom is 0.404 e. The van der Waals surface area contributed by atoms with Gasteiger partial charge in [0.05, 0.1) is 0 Å². The first-order valence-corrected chi connectivity index (χ1v) is 2.45. The van der Waals surface area contributed by atoms with Gasteiger partial charge in [-0.3, -0.25) is 0 Å². The summed E-state index contributed by atoms with van der Waals surface area (Å²) in [6.07, 6.45) is -0.199. The van der Waals surface area contributed by atoms with Crippen molar-refractivity contribution in [3.05, 3.63) is 0 Å². The number of carbonyl (C=O) groups is 1. The summed E-state index contributed by atoms with van der Waals surface area (Å²) in [6.45, 7) is 0. The van der Waals surface area contributed by atoms with Gasteiger partial charge in [0.15, 0.2) is 0 Å². The summed E-state index contributed by atoms with van der Waals surface area (Å²) in [5.74, 6) is 0. The lowest BCUT2D eigenvalue weighted by Crippen LogP contribution is -2.27. The van der Waals surface area contributed by atoms with Gasteiger partial charge in [-0.2, -0.15) is 0 Å². The Labute approximate surface area is 58.8 Å². The molecule has 2 atom stereocenters. The number of halogens is 1. The lowest BCUT2D eigenvalue weighted by molar-refractivity contribution is 0.193. The molecule has 0 radical (unpaired) electrons. The molecule has 1 fully saturated rings. The van der Waals surface area contributed by atoms with Crippen molar-refractivity contribution in [2.24, 2.45) is 5.73 Å². The third kappa shape index (κ3) is 2.53. The second-order valence-electron chi connectivity index (χ2n) is 1.96. The third-order valence-corrected chi connectivity index (χ3v) is 1.15. The Balaban J connectivity index is 0.000000640. The molecule has 54 valence electrons. The van der Waals surface area contributed by atoms with Gasteiger partial charge in [0.1, 0.15) is 0 Å². The first-order valence-electron chi connectivity index (χ1n) is 2.45. The van der Waals surface area contributed by atoms with E-state index in [0.29, 0.717) is 0 Å². The van der Waals surface area contributed by atoms with Crippen molar-refractivity contribution >= 4 is 18.5 Å². The van der Waals surface area contributed by atoms with Gasteiger partial charge in [-0.15, -0.1) is 12.4 Å². The number of hydrogen-bond acceptors (Lipinski definition) is 2. The van der Waals surface area contributed by atoms with Gasteiger partial charge >= 0.3 is 6.09 Å². The molecule has 0 unspecified atom stereocenters. The van der Waals surface area contributed by atoms with E-state index in [0.717, 1.165) is 6.42 Å². The minimum Gasteiger partial charge on any atom is -0.465 e. The summed E-state index contributed by atoms with van der Waals surface area (Å²) in [7, 11) is 0. The number of nitrogens with two attached hydrogens (primary N) is 1. The van der Waals surface area contributed by atoms with Crippen LogP contribution in [0.25, 0.3) is 0 Å². The highest BCUT2D eigenvalue weighted by Gasteiger charge is 2.34. The molecular weight excluding hydrogens is 144 g/mol. The molecule has 9 heavy (non-hydrogen) atoms. The van der Waals surface area contributed by atoms with E-state index >= 15 is 0 Å². The molecular formula is C4H9ClN2O2. The number of amides is 1. The summed E-state index contributed by atoms with van der Waals surface area (Å²) in [6, 6.07) is 0.0820. The highest BCUT2D eigenvalue weighted by molar-refractivity contribution is 5.85. The molecule has 0 heterocycles. The van der Waals surface area contributed by atoms with Crippen LogP contribution in [0, 0.1) is 0 Å². The molecule has 0 aromatic carbocycles. The van der Waals surface area contributed by atoms with Crippen molar-refractivity contribution in [3.8, 4) is 0 Å². The molecule has 4 N–H and O–H groups in total. The third-order valence-electron chi connectivity index (χ3n) is 1.15. The predicted molar refractivity (Wildman–Crippen MR) is 34.8 cm³/mol.